The minimum Gasteiger partial charge on any atom is -0.367 e. The number of nitrogens with one attached hydrogen (secondary N) is 2. The summed E-state index contributed by atoms with van der Waals surface area (Å²) in [5.74, 6) is -0.668. The Balaban J connectivity index is 1.47. The molecule has 0 atom stereocenters. The number of piperazine rings is 1. The molecule has 3 aromatic rings. The summed E-state index contributed by atoms with van der Waals surface area (Å²) in [6.07, 6.45) is -2.30. The molecule has 4 rings (SSSR count). The summed E-state index contributed by atoms with van der Waals surface area (Å²) in [6.45, 7) is 4.30. The molecular weight excluding hydrogens is 439 g/mol. The summed E-state index contributed by atoms with van der Waals surface area (Å²) in [6, 6.07) is 4.47. The maximum absolute atomic E-state index is 13.6. The summed E-state index contributed by atoms with van der Waals surface area (Å²) >= 11 is 0. The zero-order valence-corrected chi connectivity index (χ0v) is 18.2. The van der Waals surface area contributed by atoms with Gasteiger partial charge >= 0.3 is 6.18 Å². The van der Waals surface area contributed by atoms with Gasteiger partial charge in [0.05, 0.1) is 5.69 Å². The molecule has 0 aromatic carbocycles. The molecule has 2 N–H and O–H groups in total. The molecule has 1 aliphatic rings. The van der Waals surface area contributed by atoms with E-state index in [-0.39, 0.29) is 16.9 Å². The lowest BCUT2D eigenvalue weighted by Crippen LogP contribution is -2.46. The Bertz CT molecular complexity index is 1230. The number of hydrogen-bond acceptors (Lipinski definition) is 6. The van der Waals surface area contributed by atoms with Crippen LogP contribution in [-0.4, -0.2) is 63.6 Å². The minimum absolute atomic E-state index is 0.0294. The Labute approximate surface area is 187 Å². The number of carbonyl (C=O) groups is 1. The molecule has 1 saturated heterocycles. The molecule has 0 aliphatic carbocycles. The lowest BCUT2D eigenvalue weighted by Gasteiger charge is -2.36. The normalized spacial score (nSPS) is 15.2. The molecule has 0 spiro atoms. The van der Waals surface area contributed by atoms with E-state index < -0.39 is 17.8 Å². The van der Waals surface area contributed by atoms with Crippen molar-refractivity contribution in [2.24, 2.45) is 0 Å². The molecule has 12 heteroatoms. The molecule has 0 unspecified atom stereocenters. The van der Waals surface area contributed by atoms with E-state index in [0.717, 1.165) is 5.56 Å². The fourth-order valence-electron chi connectivity index (χ4n) is 3.94. The van der Waals surface area contributed by atoms with E-state index in [0.29, 0.717) is 50.5 Å². The lowest BCUT2D eigenvalue weighted by atomic mass is 10.2. The Morgan fingerprint density at radius 1 is 1.21 bits per heavy atom. The van der Waals surface area contributed by atoms with Crippen molar-refractivity contribution in [1.82, 2.24) is 29.8 Å². The van der Waals surface area contributed by atoms with Crippen molar-refractivity contribution in [3.8, 4) is 0 Å². The van der Waals surface area contributed by atoms with Crippen molar-refractivity contribution < 1.29 is 18.0 Å². The average Bonchev–Trinajstić information content (AvgIpc) is 3.18. The van der Waals surface area contributed by atoms with Crippen LogP contribution in [0.1, 0.15) is 34.4 Å². The van der Waals surface area contributed by atoms with Gasteiger partial charge < -0.3 is 15.2 Å². The number of alkyl halides is 3. The van der Waals surface area contributed by atoms with Gasteiger partial charge in [0.2, 0.25) is 0 Å². The number of hydrogen-bond donors (Lipinski definition) is 2. The summed E-state index contributed by atoms with van der Waals surface area (Å²) in [7, 11) is 1.34. The third-order valence-electron chi connectivity index (χ3n) is 5.65. The van der Waals surface area contributed by atoms with Crippen LogP contribution in [0.4, 0.5) is 18.9 Å². The van der Waals surface area contributed by atoms with Crippen LogP contribution in [0.5, 0.6) is 0 Å². The van der Waals surface area contributed by atoms with Gasteiger partial charge in [-0.3, -0.25) is 14.5 Å². The van der Waals surface area contributed by atoms with E-state index in [1.807, 2.05) is 19.2 Å². The standard InChI is InChI=1S/C21H24F3N7O2/c1-3-14-20(33)27-17-10-13(12-31(17)28-14)11-29-6-8-30(9-7-29)16-5-4-15(19(32)25-2)26-18(16)21(22,23)24/h4-5,10,12H,3,6-9,11H2,1-2H3,(H,25,32)(H,27,33). The monoisotopic (exact) mass is 463 g/mol. The third-order valence-corrected chi connectivity index (χ3v) is 5.65. The number of rotatable bonds is 5. The quantitative estimate of drug-likeness (QED) is 0.598. The lowest BCUT2D eigenvalue weighted by molar-refractivity contribution is -0.140. The van der Waals surface area contributed by atoms with E-state index >= 15 is 0 Å². The fourth-order valence-corrected chi connectivity index (χ4v) is 3.94. The highest BCUT2D eigenvalue weighted by Gasteiger charge is 2.38. The molecule has 0 radical (unpaired) electrons. The summed E-state index contributed by atoms with van der Waals surface area (Å²) in [4.78, 5) is 33.9. The largest absolute Gasteiger partial charge is 0.435 e. The zero-order valence-electron chi connectivity index (χ0n) is 18.2. The molecule has 9 nitrogen and oxygen atoms in total. The highest BCUT2D eigenvalue weighted by molar-refractivity contribution is 5.92. The predicted molar refractivity (Wildman–Crippen MR) is 115 cm³/mol. The van der Waals surface area contributed by atoms with Crippen LogP contribution in [0.2, 0.25) is 0 Å². The average molecular weight is 463 g/mol. The molecule has 0 saturated carbocycles. The topological polar surface area (TPSA) is 98.6 Å². The van der Waals surface area contributed by atoms with E-state index in [1.54, 1.807) is 9.42 Å². The van der Waals surface area contributed by atoms with Crippen LogP contribution in [0.3, 0.4) is 0 Å². The van der Waals surface area contributed by atoms with Crippen molar-refractivity contribution in [3.63, 3.8) is 0 Å². The second-order valence-electron chi connectivity index (χ2n) is 7.84. The van der Waals surface area contributed by atoms with Crippen LogP contribution in [-0.2, 0) is 19.1 Å². The van der Waals surface area contributed by atoms with Gasteiger partial charge in [-0.15, -0.1) is 0 Å². The Kier molecular flexibility index (Phi) is 6.11. The smallest absolute Gasteiger partial charge is 0.367 e. The Morgan fingerprint density at radius 2 is 1.94 bits per heavy atom. The zero-order chi connectivity index (χ0) is 23.8. The van der Waals surface area contributed by atoms with Crippen LogP contribution in [0, 0.1) is 0 Å². The first kappa shape index (κ1) is 22.8. The predicted octanol–water partition coefficient (Wildman–Crippen LogP) is 1.68. The maximum atomic E-state index is 13.6. The maximum Gasteiger partial charge on any atom is 0.435 e. The number of aromatic amines is 1. The van der Waals surface area contributed by atoms with E-state index in [9.17, 15) is 22.8 Å². The molecule has 3 aromatic heterocycles. The summed E-state index contributed by atoms with van der Waals surface area (Å²) < 4.78 is 42.5. The fraction of sp³-hybridized carbons (Fsp3) is 0.429. The summed E-state index contributed by atoms with van der Waals surface area (Å²) in [5, 5.41) is 6.61. The van der Waals surface area contributed by atoms with Crippen LogP contribution < -0.4 is 15.8 Å². The number of carbonyl (C=O) groups excluding carboxylic acids is 1. The molecular formula is C21H24F3N7O2. The van der Waals surface area contributed by atoms with E-state index in [1.165, 1.54) is 19.2 Å². The number of nitrogens with zero attached hydrogens (tertiary/aromatic N) is 5. The third kappa shape index (κ3) is 4.70. The molecule has 33 heavy (non-hydrogen) atoms. The number of fused-ring (bicyclic) bond motifs is 1. The van der Waals surface area contributed by atoms with Crippen molar-refractivity contribution in [3.05, 3.63) is 57.4 Å². The Hall–Kier alpha value is -3.41. The van der Waals surface area contributed by atoms with Gasteiger partial charge in [0.25, 0.3) is 11.5 Å². The number of halogens is 3. The number of aromatic nitrogens is 4. The number of aryl methyl sites for hydroxylation is 1. The number of H-pyrrole nitrogens is 1. The molecule has 1 aliphatic heterocycles. The van der Waals surface area contributed by atoms with Gasteiger partial charge in [0.1, 0.15) is 17.0 Å². The highest BCUT2D eigenvalue weighted by Crippen LogP contribution is 2.35. The van der Waals surface area contributed by atoms with Crippen LogP contribution in [0.25, 0.3) is 5.65 Å². The molecule has 1 amide bonds. The van der Waals surface area contributed by atoms with Crippen molar-refractivity contribution >= 4 is 17.2 Å². The van der Waals surface area contributed by atoms with E-state index in [2.05, 4.69) is 25.3 Å². The van der Waals surface area contributed by atoms with Crippen molar-refractivity contribution in [1.29, 1.82) is 0 Å². The van der Waals surface area contributed by atoms with E-state index in [4.69, 9.17) is 0 Å². The molecule has 1 fully saturated rings. The summed E-state index contributed by atoms with van der Waals surface area (Å²) in [5.41, 5.74) is 0.437. The minimum atomic E-state index is -4.68. The van der Waals surface area contributed by atoms with Gasteiger partial charge in [0, 0.05) is 46.0 Å². The molecule has 4 heterocycles. The van der Waals surface area contributed by atoms with Crippen LogP contribution >= 0.6 is 0 Å². The SMILES string of the molecule is CCc1nn2cc(CN3CCN(c4ccc(C(=O)NC)nc4C(F)(F)F)CC3)cc2[nH]c1=O. The first-order valence-electron chi connectivity index (χ1n) is 10.6. The van der Waals surface area contributed by atoms with Gasteiger partial charge in [0.15, 0.2) is 5.69 Å². The van der Waals surface area contributed by atoms with Gasteiger partial charge in [-0.05, 0) is 30.2 Å². The molecule has 176 valence electrons. The van der Waals surface area contributed by atoms with Crippen molar-refractivity contribution in [2.75, 3.05) is 38.1 Å². The number of pyridine rings is 1. The van der Waals surface area contributed by atoms with Crippen LogP contribution in [0.15, 0.2) is 29.2 Å². The van der Waals surface area contributed by atoms with Gasteiger partial charge in [-0.2, -0.15) is 18.3 Å². The first-order chi connectivity index (χ1) is 15.7. The Morgan fingerprint density at radius 3 is 2.58 bits per heavy atom. The molecule has 0 bridgehead atoms. The first-order valence-corrected chi connectivity index (χ1v) is 10.6. The second kappa shape index (κ2) is 8.85. The van der Waals surface area contributed by atoms with Gasteiger partial charge in [-0.25, -0.2) is 9.50 Å². The van der Waals surface area contributed by atoms with Crippen molar-refractivity contribution in [2.45, 2.75) is 26.1 Å². The highest BCUT2D eigenvalue weighted by atomic mass is 19.4. The second-order valence-corrected chi connectivity index (χ2v) is 7.84. The number of anilines is 1. The van der Waals surface area contributed by atoms with Gasteiger partial charge in [-0.1, -0.05) is 6.92 Å². The number of amides is 1.